The van der Waals surface area contributed by atoms with Crippen molar-refractivity contribution in [2.45, 2.75) is 26.3 Å². The summed E-state index contributed by atoms with van der Waals surface area (Å²) in [5.41, 5.74) is 1.62. The van der Waals surface area contributed by atoms with Gasteiger partial charge in [0.2, 0.25) is 0 Å². The van der Waals surface area contributed by atoms with Gasteiger partial charge in [0.1, 0.15) is 23.3 Å². The molecule has 7 heteroatoms. The van der Waals surface area contributed by atoms with Crippen LogP contribution in [0.5, 0.6) is 0 Å². The maximum Gasteiger partial charge on any atom is 0.295 e. The van der Waals surface area contributed by atoms with Crippen molar-refractivity contribution >= 4 is 17.4 Å². The Morgan fingerprint density at radius 1 is 1.03 bits per heavy atom. The van der Waals surface area contributed by atoms with Crippen LogP contribution in [0.3, 0.4) is 0 Å². The second-order valence-electron chi connectivity index (χ2n) is 8.11. The van der Waals surface area contributed by atoms with E-state index in [2.05, 4.69) is 4.90 Å². The second-order valence-corrected chi connectivity index (χ2v) is 8.11. The molecule has 1 amide bonds. The number of ether oxygens (including phenoxy) is 1. The number of rotatable bonds is 6. The van der Waals surface area contributed by atoms with E-state index >= 15 is 0 Å². The van der Waals surface area contributed by atoms with Crippen molar-refractivity contribution in [3.05, 3.63) is 64.6 Å². The number of amides is 1. The number of aliphatic hydroxyl groups is 1. The second kappa shape index (κ2) is 9.08. The van der Waals surface area contributed by atoms with Gasteiger partial charge in [-0.2, -0.15) is 0 Å². The van der Waals surface area contributed by atoms with Crippen molar-refractivity contribution in [1.82, 2.24) is 9.80 Å². The van der Waals surface area contributed by atoms with Gasteiger partial charge in [0, 0.05) is 31.7 Å². The molecule has 3 heterocycles. The Morgan fingerprint density at radius 3 is 2.39 bits per heavy atom. The Balaban J connectivity index is 1.64. The number of hydrogen-bond donors (Lipinski definition) is 1. The highest BCUT2D eigenvalue weighted by molar-refractivity contribution is 6.46. The van der Waals surface area contributed by atoms with Crippen LogP contribution in [0.2, 0.25) is 0 Å². The standard InChI is InChI=1S/C24H28N2O5/c1-16-4-7-18(8-5-16)22(27)20-21(19-9-6-17(2)31-19)26(24(29)23(20)28)11-3-10-25-12-14-30-15-13-25/h4-9,21,27H,3,10-15H2,1-2H3/t21-/m0/s1. The Labute approximate surface area is 181 Å². The lowest BCUT2D eigenvalue weighted by atomic mass is 9.99. The van der Waals surface area contributed by atoms with Crippen LogP contribution < -0.4 is 0 Å². The van der Waals surface area contributed by atoms with E-state index in [1.807, 2.05) is 26.0 Å². The third-order valence-electron chi connectivity index (χ3n) is 5.87. The quantitative estimate of drug-likeness (QED) is 0.436. The third-order valence-corrected chi connectivity index (χ3v) is 5.87. The fraction of sp³-hybridized carbons (Fsp3) is 0.417. The third kappa shape index (κ3) is 4.43. The van der Waals surface area contributed by atoms with E-state index in [4.69, 9.17) is 9.15 Å². The molecular weight excluding hydrogens is 396 g/mol. The molecule has 2 fully saturated rings. The number of hydrogen-bond acceptors (Lipinski definition) is 6. The van der Waals surface area contributed by atoms with Gasteiger partial charge in [0.15, 0.2) is 0 Å². The summed E-state index contributed by atoms with van der Waals surface area (Å²) in [4.78, 5) is 29.7. The van der Waals surface area contributed by atoms with Crippen molar-refractivity contribution < 1.29 is 23.8 Å². The zero-order valence-corrected chi connectivity index (χ0v) is 18.0. The number of morpholine rings is 1. The first-order chi connectivity index (χ1) is 15.0. The van der Waals surface area contributed by atoms with E-state index in [1.165, 1.54) is 4.90 Å². The topological polar surface area (TPSA) is 83.2 Å². The van der Waals surface area contributed by atoms with Crippen molar-refractivity contribution in [2.24, 2.45) is 0 Å². The zero-order valence-electron chi connectivity index (χ0n) is 18.0. The van der Waals surface area contributed by atoms with Gasteiger partial charge < -0.3 is 19.2 Å². The fourth-order valence-corrected chi connectivity index (χ4v) is 4.16. The summed E-state index contributed by atoms with van der Waals surface area (Å²) in [5, 5.41) is 11.0. The first kappa shape index (κ1) is 21.3. The summed E-state index contributed by atoms with van der Waals surface area (Å²) in [7, 11) is 0. The molecule has 31 heavy (non-hydrogen) atoms. The van der Waals surface area contributed by atoms with Gasteiger partial charge in [0.05, 0.1) is 18.8 Å². The molecule has 0 radical (unpaired) electrons. The van der Waals surface area contributed by atoms with Crippen LogP contribution in [0.4, 0.5) is 0 Å². The summed E-state index contributed by atoms with van der Waals surface area (Å²) in [6, 6.07) is 10.1. The average Bonchev–Trinajstić information content (AvgIpc) is 3.30. The van der Waals surface area contributed by atoms with Gasteiger partial charge in [-0.3, -0.25) is 14.5 Å². The van der Waals surface area contributed by atoms with Gasteiger partial charge in [-0.1, -0.05) is 29.8 Å². The fourth-order valence-electron chi connectivity index (χ4n) is 4.16. The van der Waals surface area contributed by atoms with Gasteiger partial charge in [-0.15, -0.1) is 0 Å². The van der Waals surface area contributed by atoms with Crippen LogP contribution in [0.15, 0.2) is 46.4 Å². The van der Waals surface area contributed by atoms with E-state index in [9.17, 15) is 14.7 Å². The van der Waals surface area contributed by atoms with Crippen LogP contribution in [0.25, 0.3) is 5.76 Å². The molecule has 2 aromatic rings. The summed E-state index contributed by atoms with van der Waals surface area (Å²) in [6.45, 7) is 8.14. The summed E-state index contributed by atoms with van der Waals surface area (Å²) >= 11 is 0. The molecule has 4 rings (SSSR count). The predicted octanol–water partition coefficient (Wildman–Crippen LogP) is 3.04. The normalized spacial score (nSPS) is 21.7. The number of furan rings is 1. The molecule has 0 unspecified atom stereocenters. The van der Waals surface area contributed by atoms with Crippen LogP contribution >= 0.6 is 0 Å². The van der Waals surface area contributed by atoms with Crippen LogP contribution in [0.1, 0.15) is 35.1 Å². The highest BCUT2D eigenvalue weighted by Crippen LogP contribution is 2.40. The minimum Gasteiger partial charge on any atom is -0.507 e. The van der Waals surface area contributed by atoms with Crippen molar-refractivity contribution in [1.29, 1.82) is 0 Å². The molecule has 7 nitrogen and oxygen atoms in total. The number of aliphatic hydroxyl groups excluding tert-OH is 1. The summed E-state index contributed by atoms with van der Waals surface area (Å²) < 4.78 is 11.2. The molecule has 2 aliphatic rings. The number of nitrogens with zero attached hydrogens (tertiary/aromatic N) is 2. The molecule has 0 bridgehead atoms. The maximum atomic E-state index is 13.0. The molecule has 2 saturated heterocycles. The Kier molecular flexibility index (Phi) is 6.25. The van der Waals surface area contributed by atoms with Gasteiger partial charge in [0.25, 0.3) is 11.7 Å². The van der Waals surface area contributed by atoms with E-state index in [0.29, 0.717) is 43.3 Å². The summed E-state index contributed by atoms with van der Waals surface area (Å²) in [6.07, 6.45) is 0.716. The molecule has 164 valence electrons. The van der Waals surface area contributed by atoms with E-state index in [0.717, 1.165) is 25.2 Å². The first-order valence-electron chi connectivity index (χ1n) is 10.7. The molecular formula is C24H28N2O5. The van der Waals surface area contributed by atoms with Gasteiger partial charge >= 0.3 is 0 Å². The van der Waals surface area contributed by atoms with E-state index < -0.39 is 17.7 Å². The predicted molar refractivity (Wildman–Crippen MR) is 116 cm³/mol. The number of carbonyl (C=O) groups is 2. The molecule has 0 spiro atoms. The van der Waals surface area contributed by atoms with E-state index in [1.54, 1.807) is 24.3 Å². The lowest BCUT2D eigenvalue weighted by Gasteiger charge is -2.28. The average molecular weight is 424 g/mol. The van der Waals surface area contributed by atoms with Crippen molar-refractivity contribution in [3.8, 4) is 0 Å². The molecule has 1 aromatic heterocycles. The number of benzene rings is 1. The van der Waals surface area contributed by atoms with Crippen molar-refractivity contribution in [2.75, 3.05) is 39.4 Å². The van der Waals surface area contributed by atoms with Crippen molar-refractivity contribution in [3.63, 3.8) is 0 Å². The number of carbonyl (C=O) groups excluding carboxylic acids is 2. The number of aryl methyl sites for hydroxylation is 2. The first-order valence-corrected chi connectivity index (χ1v) is 10.7. The van der Waals surface area contributed by atoms with E-state index in [-0.39, 0.29) is 11.3 Å². The lowest BCUT2D eigenvalue weighted by molar-refractivity contribution is -0.140. The smallest absolute Gasteiger partial charge is 0.295 e. The largest absolute Gasteiger partial charge is 0.507 e. The Morgan fingerprint density at radius 2 is 1.74 bits per heavy atom. The minimum absolute atomic E-state index is 0.0783. The highest BCUT2D eigenvalue weighted by atomic mass is 16.5. The maximum absolute atomic E-state index is 13.0. The lowest BCUT2D eigenvalue weighted by Crippen LogP contribution is -2.38. The number of Topliss-reactive ketones (excluding diaryl/α,β-unsaturated/α-hetero) is 1. The molecule has 0 saturated carbocycles. The Hall–Kier alpha value is -2.90. The Bertz CT molecular complexity index is 986. The minimum atomic E-state index is -0.736. The van der Waals surface area contributed by atoms with Crippen LogP contribution in [-0.2, 0) is 14.3 Å². The molecule has 1 atom stereocenters. The SMILES string of the molecule is Cc1ccc(C(O)=C2C(=O)C(=O)N(CCCN3CCOCC3)[C@H]2c2ccc(C)o2)cc1. The summed E-state index contributed by atoms with van der Waals surface area (Å²) in [5.74, 6) is -0.285. The molecule has 0 aliphatic carbocycles. The molecule has 1 N–H and O–H groups in total. The van der Waals surface area contributed by atoms with Crippen LogP contribution in [0, 0.1) is 13.8 Å². The van der Waals surface area contributed by atoms with Gasteiger partial charge in [-0.25, -0.2) is 0 Å². The highest BCUT2D eigenvalue weighted by Gasteiger charge is 2.47. The van der Waals surface area contributed by atoms with Crippen LogP contribution in [-0.4, -0.2) is 66.0 Å². The number of ketones is 1. The zero-order chi connectivity index (χ0) is 22.0. The van der Waals surface area contributed by atoms with Gasteiger partial charge in [-0.05, 0) is 32.4 Å². The monoisotopic (exact) mass is 424 g/mol. The number of likely N-dealkylation sites (tertiary alicyclic amines) is 1. The molecule has 2 aliphatic heterocycles. The molecule has 1 aromatic carbocycles.